The number of hydrogen-bond donors (Lipinski definition) is 1. The monoisotopic (exact) mass is 269 g/mol. The second-order valence-corrected chi connectivity index (χ2v) is 5.48. The highest BCUT2D eigenvalue weighted by molar-refractivity contribution is 5.71. The van der Waals surface area contributed by atoms with Gasteiger partial charge in [-0.2, -0.15) is 0 Å². The van der Waals surface area contributed by atoms with Gasteiger partial charge in [-0.1, -0.05) is 45.0 Å². The van der Waals surface area contributed by atoms with Gasteiger partial charge in [0.25, 0.3) is 0 Å². The average Bonchev–Trinajstić information content (AvgIpc) is 2.46. The molecule has 0 fully saturated rings. The molecule has 0 radical (unpaired) electrons. The molecular formula is C17H23N3. The van der Waals surface area contributed by atoms with Crippen LogP contribution in [0.15, 0.2) is 36.7 Å². The van der Waals surface area contributed by atoms with E-state index >= 15 is 0 Å². The molecule has 0 aliphatic heterocycles. The van der Waals surface area contributed by atoms with Crippen molar-refractivity contribution in [2.24, 2.45) is 5.92 Å². The van der Waals surface area contributed by atoms with E-state index in [2.05, 4.69) is 60.3 Å². The number of nitrogens with one attached hydrogen (secondary N) is 1. The summed E-state index contributed by atoms with van der Waals surface area (Å²) in [5, 5.41) is 3.33. The van der Waals surface area contributed by atoms with E-state index in [4.69, 9.17) is 0 Å². The molecule has 2 aromatic rings. The molecule has 106 valence electrons. The van der Waals surface area contributed by atoms with Gasteiger partial charge in [-0.15, -0.1) is 0 Å². The lowest BCUT2D eigenvalue weighted by Crippen LogP contribution is -2.04. The Morgan fingerprint density at radius 2 is 1.75 bits per heavy atom. The minimum Gasteiger partial charge on any atom is -0.368 e. The van der Waals surface area contributed by atoms with Crippen molar-refractivity contribution >= 4 is 5.82 Å². The lowest BCUT2D eigenvalue weighted by molar-refractivity contribution is 0.647. The number of aromatic nitrogens is 2. The zero-order valence-corrected chi connectivity index (χ0v) is 12.6. The van der Waals surface area contributed by atoms with Crippen LogP contribution in [0.1, 0.15) is 32.8 Å². The predicted molar refractivity (Wildman–Crippen MR) is 84.8 cm³/mol. The molecule has 0 atom stereocenters. The Morgan fingerprint density at radius 3 is 2.40 bits per heavy atom. The summed E-state index contributed by atoms with van der Waals surface area (Å²) in [6.07, 6.45) is 5.66. The van der Waals surface area contributed by atoms with Gasteiger partial charge in [0.05, 0.1) is 0 Å². The van der Waals surface area contributed by atoms with Crippen molar-refractivity contribution in [2.45, 2.75) is 33.6 Å². The summed E-state index contributed by atoms with van der Waals surface area (Å²) < 4.78 is 0. The molecule has 20 heavy (non-hydrogen) atoms. The van der Waals surface area contributed by atoms with Gasteiger partial charge in [-0.3, -0.25) is 4.98 Å². The van der Waals surface area contributed by atoms with Gasteiger partial charge in [0.1, 0.15) is 5.69 Å². The van der Waals surface area contributed by atoms with E-state index in [0.29, 0.717) is 5.92 Å². The van der Waals surface area contributed by atoms with Crippen molar-refractivity contribution in [1.82, 2.24) is 9.97 Å². The summed E-state index contributed by atoms with van der Waals surface area (Å²) in [4.78, 5) is 8.86. The van der Waals surface area contributed by atoms with E-state index < -0.39 is 0 Å². The van der Waals surface area contributed by atoms with E-state index in [1.807, 2.05) is 0 Å². The Balaban J connectivity index is 2.22. The zero-order valence-electron chi connectivity index (χ0n) is 12.6. The highest BCUT2D eigenvalue weighted by atomic mass is 15.0. The molecule has 1 aromatic carbocycles. The number of hydrogen-bond acceptors (Lipinski definition) is 3. The number of nitrogens with zero attached hydrogens (tertiary/aromatic N) is 2. The molecule has 1 aromatic heterocycles. The Labute approximate surface area is 121 Å². The summed E-state index contributed by atoms with van der Waals surface area (Å²) in [5.41, 5.74) is 3.41. The van der Waals surface area contributed by atoms with Crippen LogP contribution in [0.5, 0.6) is 0 Å². The Bertz CT molecular complexity index is 532. The Morgan fingerprint density at radius 1 is 1.05 bits per heavy atom. The highest BCUT2D eigenvalue weighted by Crippen LogP contribution is 2.24. The predicted octanol–water partition coefficient (Wildman–Crippen LogP) is 4.16. The number of anilines is 1. The molecular weight excluding hydrogens is 246 g/mol. The quantitative estimate of drug-likeness (QED) is 0.855. The molecule has 3 nitrogen and oxygen atoms in total. The van der Waals surface area contributed by atoms with Crippen LogP contribution in [-0.4, -0.2) is 16.5 Å². The van der Waals surface area contributed by atoms with Gasteiger partial charge in [0.2, 0.25) is 0 Å². The van der Waals surface area contributed by atoms with Gasteiger partial charge >= 0.3 is 0 Å². The van der Waals surface area contributed by atoms with E-state index in [-0.39, 0.29) is 0 Å². The summed E-state index contributed by atoms with van der Waals surface area (Å²) in [6, 6.07) is 8.65. The van der Waals surface area contributed by atoms with Crippen LogP contribution in [-0.2, 0) is 6.42 Å². The van der Waals surface area contributed by atoms with E-state index in [1.54, 1.807) is 12.4 Å². The third-order valence-corrected chi connectivity index (χ3v) is 3.11. The second kappa shape index (κ2) is 7.04. The largest absolute Gasteiger partial charge is 0.368 e. The average molecular weight is 269 g/mol. The van der Waals surface area contributed by atoms with Crippen LogP contribution < -0.4 is 5.32 Å². The SMILES string of the molecule is CCCNc1nccnc1-c1ccc(CC(C)C)cc1. The first kappa shape index (κ1) is 14.5. The molecule has 0 saturated heterocycles. The maximum absolute atomic E-state index is 4.47. The molecule has 1 heterocycles. The smallest absolute Gasteiger partial charge is 0.152 e. The molecule has 0 spiro atoms. The Hall–Kier alpha value is -1.90. The van der Waals surface area contributed by atoms with Gasteiger partial charge in [-0.05, 0) is 24.3 Å². The van der Waals surface area contributed by atoms with Crippen LogP contribution in [0.3, 0.4) is 0 Å². The lowest BCUT2D eigenvalue weighted by Gasteiger charge is -2.10. The second-order valence-electron chi connectivity index (χ2n) is 5.48. The maximum atomic E-state index is 4.47. The van der Waals surface area contributed by atoms with Crippen molar-refractivity contribution in [3.63, 3.8) is 0 Å². The van der Waals surface area contributed by atoms with E-state index in [1.165, 1.54) is 5.56 Å². The number of benzene rings is 1. The topological polar surface area (TPSA) is 37.8 Å². The molecule has 0 bridgehead atoms. The number of rotatable bonds is 6. The van der Waals surface area contributed by atoms with Gasteiger partial charge in [0.15, 0.2) is 5.82 Å². The molecule has 0 amide bonds. The van der Waals surface area contributed by atoms with Gasteiger partial charge in [-0.25, -0.2) is 4.98 Å². The van der Waals surface area contributed by atoms with Crippen molar-refractivity contribution in [2.75, 3.05) is 11.9 Å². The van der Waals surface area contributed by atoms with Gasteiger partial charge in [0, 0.05) is 24.5 Å². The maximum Gasteiger partial charge on any atom is 0.152 e. The lowest BCUT2D eigenvalue weighted by atomic mass is 10.0. The molecule has 0 aliphatic rings. The van der Waals surface area contributed by atoms with Crippen LogP contribution in [0.25, 0.3) is 11.3 Å². The van der Waals surface area contributed by atoms with Crippen molar-refractivity contribution in [3.8, 4) is 11.3 Å². The minimum absolute atomic E-state index is 0.680. The van der Waals surface area contributed by atoms with Crippen molar-refractivity contribution < 1.29 is 0 Å². The molecule has 1 N–H and O–H groups in total. The first-order chi connectivity index (χ1) is 9.70. The van der Waals surface area contributed by atoms with Crippen molar-refractivity contribution in [3.05, 3.63) is 42.2 Å². The van der Waals surface area contributed by atoms with E-state index in [0.717, 1.165) is 36.5 Å². The van der Waals surface area contributed by atoms with Crippen LogP contribution in [0.2, 0.25) is 0 Å². The summed E-state index contributed by atoms with van der Waals surface area (Å²) in [7, 11) is 0. The summed E-state index contributed by atoms with van der Waals surface area (Å²) in [6.45, 7) is 7.54. The molecule has 3 heteroatoms. The van der Waals surface area contributed by atoms with Crippen LogP contribution in [0.4, 0.5) is 5.82 Å². The molecule has 0 saturated carbocycles. The molecule has 2 rings (SSSR count). The van der Waals surface area contributed by atoms with Crippen LogP contribution in [0, 0.1) is 5.92 Å². The highest BCUT2D eigenvalue weighted by Gasteiger charge is 2.07. The minimum atomic E-state index is 0.680. The first-order valence-electron chi connectivity index (χ1n) is 7.35. The fourth-order valence-electron chi connectivity index (χ4n) is 2.19. The summed E-state index contributed by atoms with van der Waals surface area (Å²) >= 11 is 0. The van der Waals surface area contributed by atoms with Gasteiger partial charge < -0.3 is 5.32 Å². The molecule has 0 unspecified atom stereocenters. The van der Waals surface area contributed by atoms with Crippen LogP contribution >= 0.6 is 0 Å². The third-order valence-electron chi connectivity index (χ3n) is 3.11. The standard InChI is InChI=1S/C17H23N3/c1-4-9-19-17-16(18-10-11-20-17)15-7-5-14(6-8-15)12-13(2)3/h5-8,10-11,13H,4,9,12H2,1-3H3,(H,19,20). The first-order valence-corrected chi connectivity index (χ1v) is 7.35. The third kappa shape index (κ3) is 3.80. The fraction of sp³-hybridized carbons (Fsp3) is 0.412. The summed E-state index contributed by atoms with van der Waals surface area (Å²) in [5.74, 6) is 1.55. The zero-order chi connectivity index (χ0) is 14.4. The Kier molecular flexibility index (Phi) is 5.10. The van der Waals surface area contributed by atoms with Crippen molar-refractivity contribution in [1.29, 1.82) is 0 Å². The molecule has 0 aliphatic carbocycles. The van der Waals surface area contributed by atoms with E-state index in [9.17, 15) is 0 Å². The fourth-order valence-corrected chi connectivity index (χ4v) is 2.19. The normalized spacial score (nSPS) is 10.8.